The molecular formula is C35H43F4N3O4. The Morgan fingerprint density at radius 2 is 1.63 bits per heavy atom. The van der Waals surface area contributed by atoms with Gasteiger partial charge in [-0.1, -0.05) is 31.5 Å². The number of rotatable bonds is 12. The Labute approximate surface area is 267 Å². The number of carbonyl (C=O) groups excluding carboxylic acids is 2. The highest BCUT2D eigenvalue weighted by molar-refractivity contribution is 5.82. The summed E-state index contributed by atoms with van der Waals surface area (Å²) in [6, 6.07) is 5.32. The first-order valence-electron chi connectivity index (χ1n) is 15.3. The number of halogens is 4. The summed E-state index contributed by atoms with van der Waals surface area (Å²) in [4.78, 5) is 39.9. The van der Waals surface area contributed by atoms with Crippen molar-refractivity contribution in [3.05, 3.63) is 91.6 Å². The van der Waals surface area contributed by atoms with E-state index in [1.54, 1.807) is 39.8 Å². The quantitative estimate of drug-likeness (QED) is 0.167. The van der Waals surface area contributed by atoms with Crippen LogP contribution < -0.4 is 16.6 Å². The molecule has 1 aromatic heterocycles. The fourth-order valence-corrected chi connectivity index (χ4v) is 5.97. The van der Waals surface area contributed by atoms with Crippen molar-refractivity contribution in [3.8, 4) is 11.1 Å². The normalized spacial score (nSPS) is 13.1. The largest absolute Gasteiger partial charge is 0.466 e. The van der Waals surface area contributed by atoms with E-state index in [-0.39, 0.29) is 43.0 Å². The average molecular weight is 646 g/mol. The highest BCUT2D eigenvalue weighted by atomic mass is 19.4. The summed E-state index contributed by atoms with van der Waals surface area (Å²) in [6.07, 6.45) is -4.28. The maximum absolute atomic E-state index is 15.9. The van der Waals surface area contributed by atoms with Gasteiger partial charge >= 0.3 is 12.1 Å². The van der Waals surface area contributed by atoms with Gasteiger partial charge in [-0.25, -0.2) is 4.39 Å². The number of nitrogens with two attached hydrogens (primary N) is 1. The minimum atomic E-state index is -4.79. The third-order valence-electron chi connectivity index (χ3n) is 7.83. The molecule has 2 aromatic carbocycles. The van der Waals surface area contributed by atoms with E-state index < -0.39 is 53.5 Å². The Balaban J connectivity index is 2.18. The summed E-state index contributed by atoms with van der Waals surface area (Å²) >= 11 is 0. The van der Waals surface area contributed by atoms with E-state index in [9.17, 15) is 27.6 Å². The number of hydrogen-bond donors (Lipinski definition) is 2. The van der Waals surface area contributed by atoms with Crippen LogP contribution in [0.3, 0.4) is 0 Å². The molecule has 0 aliphatic rings. The van der Waals surface area contributed by atoms with Crippen molar-refractivity contribution in [2.45, 2.75) is 86.0 Å². The minimum absolute atomic E-state index is 0.0441. The molecule has 46 heavy (non-hydrogen) atoms. The SMILES string of the molecule is CCOC(=O)C[C@H](NC(=O)C(CC(C)C)n1cc(CCN)c(C(F)(F)F)cc1=O)c1cc(-c2c(C)cc(C)cc2C)cc(C)c1F. The van der Waals surface area contributed by atoms with Crippen molar-refractivity contribution in [1.82, 2.24) is 9.88 Å². The Hall–Kier alpha value is -3.99. The number of hydrogen-bond acceptors (Lipinski definition) is 5. The van der Waals surface area contributed by atoms with E-state index in [1.807, 2.05) is 32.9 Å². The second-order valence-electron chi connectivity index (χ2n) is 12.2. The van der Waals surface area contributed by atoms with Gasteiger partial charge < -0.3 is 20.4 Å². The van der Waals surface area contributed by atoms with Crippen molar-refractivity contribution in [2.75, 3.05) is 13.2 Å². The van der Waals surface area contributed by atoms with E-state index >= 15 is 4.39 Å². The van der Waals surface area contributed by atoms with Crippen LogP contribution in [0.5, 0.6) is 0 Å². The summed E-state index contributed by atoms with van der Waals surface area (Å²) in [5, 5.41) is 2.75. The first kappa shape index (κ1) is 36.5. The summed E-state index contributed by atoms with van der Waals surface area (Å²) in [7, 11) is 0. The van der Waals surface area contributed by atoms with Crippen molar-refractivity contribution < 1.29 is 31.9 Å². The number of carbonyl (C=O) groups is 2. The maximum atomic E-state index is 15.9. The van der Waals surface area contributed by atoms with Crippen LogP contribution >= 0.6 is 0 Å². The van der Waals surface area contributed by atoms with E-state index in [2.05, 4.69) is 5.32 Å². The molecule has 1 amide bonds. The number of aromatic nitrogens is 1. The molecule has 1 heterocycles. The number of ether oxygens (including phenoxy) is 1. The lowest BCUT2D eigenvalue weighted by Gasteiger charge is -2.27. The number of nitrogens with one attached hydrogen (secondary N) is 1. The van der Waals surface area contributed by atoms with Gasteiger partial charge in [0.2, 0.25) is 5.91 Å². The fourth-order valence-electron chi connectivity index (χ4n) is 5.97. The van der Waals surface area contributed by atoms with Gasteiger partial charge in [-0.3, -0.25) is 14.4 Å². The predicted molar refractivity (Wildman–Crippen MR) is 170 cm³/mol. The third-order valence-corrected chi connectivity index (χ3v) is 7.83. The average Bonchev–Trinajstić information content (AvgIpc) is 2.93. The smallest absolute Gasteiger partial charge is 0.416 e. The van der Waals surface area contributed by atoms with Crippen molar-refractivity contribution in [2.24, 2.45) is 11.7 Å². The number of aryl methyl sites for hydroxylation is 4. The molecule has 1 unspecified atom stereocenters. The zero-order chi connectivity index (χ0) is 34.5. The van der Waals surface area contributed by atoms with Gasteiger partial charge in [0.25, 0.3) is 5.56 Å². The minimum Gasteiger partial charge on any atom is -0.466 e. The van der Waals surface area contributed by atoms with Crippen LogP contribution in [0.25, 0.3) is 11.1 Å². The van der Waals surface area contributed by atoms with Crippen LogP contribution in [0.4, 0.5) is 17.6 Å². The third kappa shape index (κ3) is 8.63. The molecule has 250 valence electrons. The van der Waals surface area contributed by atoms with Crippen LogP contribution in [0.2, 0.25) is 0 Å². The van der Waals surface area contributed by atoms with Crippen LogP contribution in [0.15, 0.2) is 41.3 Å². The summed E-state index contributed by atoms with van der Waals surface area (Å²) in [6.45, 7) is 12.6. The molecule has 0 fully saturated rings. The second kappa shape index (κ2) is 15.1. The molecule has 0 aliphatic carbocycles. The van der Waals surface area contributed by atoms with Gasteiger partial charge in [-0.2, -0.15) is 13.2 Å². The highest BCUT2D eigenvalue weighted by Gasteiger charge is 2.36. The van der Waals surface area contributed by atoms with Crippen molar-refractivity contribution >= 4 is 11.9 Å². The van der Waals surface area contributed by atoms with E-state index in [0.29, 0.717) is 17.2 Å². The Morgan fingerprint density at radius 3 is 2.17 bits per heavy atom. The zero-order valence-electron chi connectivity index (χ0n) is 27.4. The lowest BCUT2D eigenvalue weighted by Crippen LogP contribution is -2.41. The van der Waals surface area contributed by atoms with Crippen molar-refractivity contribution in [3.63, 3.8) is 0 Å². The highest BCUT2D eigenvalue weighted by Crippen LogP contribution is 2.35. The van der Waals surface area contributed by atoms with Gasteiger partial charge in [-0.15, -0.1) is 0 Å². The van der Waals surface area contributed by atoms with Gasteiger partial charge in [-0.05, 0) is 105 Å². The molecule has 3 aromatic rings. The molecule has 2 atom stereocenters. The van der Waals surface area contributed by atoms with Crippen LogP contribution in [-0.4, -0.2) is 29.6 Å². The summed E-state index contributed by atoms with van der Waals surface area (Å²) in [5.74, 6) is -2.23. The predicted octanol–water partition coefficient (Wildman–Crippen LogP) is 6.81. The van der Waals surface area contributed by atoms with Crippen LogP contribution in [0.1, 0.15) is 84.6 Å². The molecule has 3 rings (SSSR count). The molecule has 0 saturated heterocycles. The van der Waals surface area contributed by atoms with E-state index in [0.717, 1.165) is 33.0 Å². The Morgan fingerprint density at radius 1 is 1.00 bits per heavy atom. The number of nitrogens with zero attached hydrogens (tertiary/aromatic N) is 1. The van der Waals surface area contributed by atoms with E-state index in [1.165, 1.54) is 0 Å². The molecule has 0 radical (unpaired) electrons. The second-order valence-corrected chi connectivity index (χ2v) is 12.2. The number of amides is 1. The molecule has 11 heteroatoms. The molecule has 0 saturated carbocycles. The van der Waals surface area contributed by atoms with Gasteiger partial charge in [0, 0.05) is 17.8 Å². The standard InChI is InChI=1S/C35H43F4N3O4/c1-8-46-31(44)17-28(26-15-25(14-23(7)33(26)36)32-21(5)12-20(4)13-22(32)6)41-34(45)29(11-19(2)3)42-18-24(9-10-40)27(16-30(42)43)35(37,38)39/h12-16,18-19,28-29H,8-11,17,40H2,1-7H3,(H,41,45)/t28-,29?/m0/s1. The van der Waals surface area contributed by atoms with Gasteiger partial charge in [0.1, 0.15) is 11.9 Å². The molecule has 3 N–H and O–H groups in total. The van der Waals surface area contributed by atoms with Gasteiger partial charge in [0.05, 0.1) is 24.6 Å². The lowest BCUT2D eigenvalue weighted by molar-refractivity contribution is -0.144. The molecule has 7 nitrogen and oxygen atoms in total. The number of alkyl halides is 3. The Kier molecular flexibility index (Phi) is 11.9. The molecular weight excluding hydrogens is 602 g/mol. The zero-order valence-corrected chi connectivity index (χ0v) is 27.4. The van der Waals surface area contributed by atoms with E-state index in [4.69, 9.17) is 10.5 Å². The topological polar surface area (TPSA) is 103 Å². The molecule has 0 aliphatic heterocycles. The lowest BCUT2D eigenvalue weighted by atomic mass is 9.89. The van der Waals surface area contributed by atoms with Crippen LogP contribution in [0, 0.1) is 39.4 Å². The monoisotopic (exact) mass is 645 g/mol. The van der Waals surface area contributed by atoms with Gasteiger partial charge in [0.15, 0.2) is 0 Å². The fraction of sp³-hybridized carbons (Fsp3) is 0.457. The summed E-state index contributed by atoms with van der Waals surface area (Å²) < 4.78 is 63.3. The summed E-state index contributed by atoms with van der Waals surface area (Å²) in [5.41, 5.74) is 8.12. The molecule has 0 bridgehead atoms. The number of benzene rings is 2. The first-order chi connectivity index (χ1) is 21.5. The van der Waals surface area contributed by atoms with Crippen LogP contribution in [-0.2, 0) is 26.9 Å². The molecule has 0 spiro atoms. The number of pyridine rings is 1. The Bertz CT molecular complexity index is 1620. The van der Waals surface area contributed by atoms with Crippen molar-refractivity contribution in [1.29, 1.82) is 0 Å². The maximum Gasteiger partial charge on any atom is 0.416 e. The number of esters is 1. The first-order valence-corrected chi connectivity index (χ1v) is 15.3.